The number of carbonyl (C=O) groups excluding carboxylic acids is 1. The Morgan fingerprint density at radius 2 is 2.13 bits per heavy atom. The predicted octanol–water partition coefficient (Wildman–Crippen LogP) is 3.27. The third-order valence-electron chi connectivity index (χ3n) is 2.12. The third kappa shape index (κ3) is 3.24. The van der Waals surface area contributed by atoms with E-state index < -0.39 is 5.24 Å². The number of ether oxygens (including phenoxy) is 1. The number of rotatable bonds is 4. The van der Waals surface area contributed by atoms with Crippen LogP contribution in [0.5, 0.6) is 5.75 Å². The van der Waals surface area contributed by atoms with Crippen LogP contribution in [0.4, 0.5) is 0 Å². The molecule has 0 bridgehead atoms. The second kappa shape index (κ2) is 5.17. The van der Waals surface area contributed by atoms with Gasteiger partial charge in [0.15, 0.2) is 0 Å². The largest absolute Gasteiger partial charge is 0.496 e. The summed E-state index contributed by atoms with van der Waals surface area (Å²) in [7, 11) is 1.54. The normalized spacial score (nSPS) is 10.5. The van der Waals surface area contributed by atoms with Crippen LogP contribution in [-0.4, -0.2) is 12.4 Å². The molecule has 0 aromatic heterocycles. The van der Waals surface area contributed by atoms with Crippen molar-refractivity contribution in [1.82, 2.24) is 0 Å². The molecule has 1 aromatic carbocycles. The van der Waals surface area contributed by atoms with Gasteiger partial charge in [0, 0.05) is 0 Å². The highest BCUT2D eigenvalue weighted by molar-refractivity contribution is 6.68. The van der Waals surface area contributed by atoms with Crippen molar-refractivity contribution in [3.05, 3.63) is 29.3 Å². The highest BCUT2D eigenvalue weighted by atomic mass is 35.5. The maximum Gasteiger partial charge on any atom is 0.256 e. The third-order valence-corrected chi connectivity index (χ3v) is 2.33. The average molecular weight is 227 g/mol. The summed E-state index contributed by atoms with van der Waals surface area (Å²) in [6.45, 7) is 4.29. The van der Waals surface area contributed by atoms with Crippen molar-refractivity contribution in [3.8, 4) is 5.75 Å². The summed E-state index contributed by atoms with van der Waals surface area (Å²) in [6.07, 6.45) is 0.965. The molecule has 82 valence electrons. The second-order valence-corrected chi connectivity index (χ2v) is 4.25. The molecule has 0 spiro atoms. The molecule has 2 nitrogen and oxygen atoms in total. The smallest absolute Gasteiger partial charge is 0.256 e. The maximum absolute atomic E-state index is 11.0. The van der Waals surface area contributed by atoms with Gasteiger partial charge in [0.05, 0.1) is 12.7 Å². The summed E-state index contributed by atoms with van der Waals surface area (Å²) in [5.41, 5.74) is 1.58. The van der Waals surface area contributed by atoms with E-state index in [1.165, 1.54) is 7.11 Å². The van der Waals surface area contributed by atoms with E-state index in [2.05, 4.69) is 13.8 Å². The second-order valence-electron chi connectivity index (χ2n) is 3.91. The van der Waals surface area contributed by atoms with Gasteiger partial charge in [-0.2, -0.15) is 0 Å². The van der Waals surface area contributed by atoms with Crippen molar-refractivity contribution < 1.29 is 9.53 Å². The van der Waals surface area contributed by atoms with Crippen LogP contribution >= 0.6 is 11.6 Å². The summed E-state index contributed by atoms with van der Waals surface area (Å²) in [4.78, 5) is 11.0. The van der Waals surface area contributed by atoms with E-state index in [0.717, 1.165) is 12.0 Å². The Morgan fingerprint density at radius 1 is 1.47 bits per heavy atom. The van der Waals surface area contributed by atoms with Gasteiger partial charge in [-0.15, -0.1) is 0 Å². The molecule has 0 saturated carbocycles. The van der Waals surface area contributed by atoms with E-state index in [0.29, 0.717) is 17.2 Å². The molecule has 0 saturated heterocycles. The summed E-state index contributed by atoms with van der Waals surface area (Å²) in [6, 6.07) is 5.50. The molecule has 15 heavy (non-hydrogen) atoms. The van der Waals surface area contributed by atoms with Crippen molar-refractivity contribution in [2.24, 2.45) is 5.92 Å². The lowest BCUT2D eigenvalue weighted by Crippen LogP contribution is -1.99. The summed E-state index contributed by atoms with van der Waals surface area (Å²) in [5.74, 6) is 1.13. The molecule has 0 atom stereocenters. The van der Waals surface area contributed by atoms with Gasteiger partial charge in [0.1, 0.15) is 5.75 Å². The molecule has 0 N–H and O–H groups in total. The molecule has 3 heteroatoms. The van der Waals surface area contributed by atoms with E-state index in [-0.39, 0.29) is 0 Å². The Labute approximate surface area is 95.2 Å². The zero-order valence-corrected chi connectivity index (χ0v) is 9.97. The lowest BCUT2D eigenvalue weighted by atomic mass is 10.0. The maximum atomic E-state index is 11.0. The van der Waals surface area contributed by atoms with Gasteiger partial charge in [-0.3, -0.25) is 4.79 Å². The highest BCUT2D eigenvalue weighted by Crippen LogP contribution is 2.23. The van der Waals surface area contributed by atoms with Crippen molar-refractivity contribution in [3.63, 3.8) is 0 Å². The van der Waals surface area contributed by atoms with Gasteiger partial charge in [-0.05, 0) is 41.6 Å². The van der Waals surface area contributed by atoms with E-state index in [1.807, 2.05) is 12.1 Å². The van der Waals surface area contributed by atoms with Crippen LogP contribution in [0, 0.1) is 5.92 Å². The Kier molecular flexibility index (Phi) is 4.15. The van der Waals surface area contributed by atoms with E-state index in [4.69, 9.17) is 16.3 Å². The minimum atomic E-state index is -0.483. The molecule has 0 fully saturated rings. The Morgan fingerprint density at radius 3 is 2.60 bits per heavy atom. The monoisotopic (exact) mass is 226 g/mol. The summed E-state index contributed by atoms with van der Waals surface area (Å²) >= 11 is 5.43. The predicted molar refractivity (Wildman–Crippen MR) is 61.7 cm³/mol. The Bertz CT molecular complexity index is 359. The topological polar surface area (TPSA) is 26.3 Å². The number of halogens is 1. The van der Waals surface area contributed by atoms with Crippen LogP contribution in [-0.2, 0) is 6.42 Å². The lowest BCUT2D eigenvalue weighted by molar-refractivity contribution is 0.107. The molecular weight excluding hydrogens is 212 g/mol. The number of hydrogen-bond donors (Lipinski definition) is 0. The highest BCUT2D eigenvalue weighted by Gasteiger charge is 2.10. The zero-order chi connectivity index (χ0) is 11.4. The first-order valence-electron chi connectivity index (χ1n) is 4.91. The first-order valence-corrected chi connectivity index (χ1v) is 5.29. The fourth-order valence-electron chi connectivity index (χ4n) is 1.50. The molecule has 0 aliphatic carbocycles. The minimum Gasteiger partial charge on any atom is -0.496 e. The van der Waals surface area contributed by atoms with Gasteiger partial charge < -0.3 is 4.74 Å². The Balaban J connectivity index is 3.02. The van der Waals surface area contributed by atoms with Crippen LogP contribution < -0.4 is 4.74 Å². The van der Waals surface area contributed by atoms with Crippen LogP contribution in [0.3, 0.4) is 0 Å². The van der Waals surface area contributed by atoms with Gasteiger partial charge in [0.2, 0.25) is 0 Å². The van der Waals surface area contributed by atoms with Crippen molar-refractivity contribution in [2.45, 2.75) is 20.3 Å². The number of hydrogen-bond acceptors (Lipinski definition) is 2. The number of benzene rings is 1. The van der Waals surface area contributed by atoms with Crippen LogP contribution in [0.2, 0.25) is 0 Å². The molecule has 0 radical (unpaired) electrons. The van der Waals surface area contributed by atoms with Crippen LogP contribution in [0.25, 0.3) is 0 Å². The molecule has 0 unspecified atom stereocenters. The average Bonchev–Trinajstić information content (AvgIpc) is 2.16. The summed E-state index contributed by atoms with van der Waals surface area (Å²) in [5, 5.41) is -0.483. The Hall–Kier alpha value is -1.02. The number of methoxy groups -OCH3 is 1. The van der Waals surface area contributed by atoms with E-state index in [9.17, 15) is 4.79 Å². The molecule has 0 amide bonds. The number of carbonyl (C=O) groups is 1. The SMILES string of the molecule is COc1cc(CC(C)C)ccc1C(=O)Cl. The molecule has 0 aliphatic rings. The molecule has 0 heterocycles. The van der Waals surface area contributed by atoms with Crippen molar-refractivity contribution >= 4 is 16.8 Å². The van der Waals surface area contributed by atoms with E-state index in [1.54, 1.807) is 6.07 Å². The quantitative estimate of drug-likeness (QED) is 0.737. The molecule has 1 aromatic rings. The zero-order valence-electron chi connectivity index (χ0n) is 9.21. The lowest BCUT2D eigenvalue weighted by Gasteiger charge is -2.09. The van der Waals surface area contributed by atoms with Crippen LogP contribution in [0.1, 0.15) is 29.8 Å². The minimum absolute atomic E-state index is 0.423. The van der Waals surface area contributed by atoms with Crippen molar-refractivity contribution in [1.29, 1.82) is 0 Å². The molecule has 1 rings (SSSR count). The fourth-order valence-corrected chi connectivity index (χ4v) is 1.65. The van der Waals surface area contributed by atoms with Gasteiger partial charge in [-0.1, -0.05) is 19.9 Å². The van der Waals surface area contributed by atoms with Gasteiger partial charge in [0.25, 0.3) is 5.24 Å². The fraction of sp³-hybridized carbons (Fsp3) is 0.417. The first kappa shape index (κ1) is 12.1. The van der Waals surface area contributed by atoms with E-state index >= 15 is 0 Å². The standard InChI is InChI=1S/C12H15ClO2/c1-8(2)6-9-4-5-10(12(13)14)11(7-9)15-3/h4-5,7-8H,6H2,1-3H3. The van der Waals surface area contributed by atoms with Crippen LogP contribution in [0.15, 0.2) is 18.2 Å². The van der Waals surface area contributed by atoms with Gasteiger partial charge in [-0.25, -0.2) is 0 Å². The first-order chi connectivity index (χ1) is 7.04. The van der Waals surface area contributed by atoms with Gasteiger partial charge >= 0.3 is 0 Å². The van der Waals surface area contributed by atoms with Crippen molar-refractivity contribution in [2.75, 3.05) is 7.11 Å². The molecule has 0 aliphatic heterocycles. The molecular formula is C12H15ClO2. The summed E-state index contributed by atoms with van der Waals surface area (Å²) < 4.78 is 5.12.